The lowest BCUT2D eigenvalue weighted by atomic mass is 9.97. The van der Waals surface area contributed by atoms with Crippen molar-refractivity contribution in [1.29, 1.82) is 0 Å². The number of rotatable bonds is 4. The molecule has 0 aliphatic carbocycles. The smallest absolute Gasteiger partial charge is 0.411 e. The molecule has 176 valence electrons. The fraction of sp³-hybridized carbons (Fsp3) is 0.762. The first kappa shape index (κ1) is 25.2. The number of carbonyl (C=O) groups excluding carboxylic acids is 3. The molecule has 2 saturated heterocycles. The van der Waals surface area contributed by atoms with Gasteiger partial charge in [0.15, 0.2) is 0 Å². The third kappa shape index (κ3) is 6.02. The minimum absolute atomic E-state index is 0.324. The number of carbonyl (C=O) groups is 3. The van der Waals surface area contributed by atoms with Gasteiger partial charge in [-0.3, -0.25) is 14.6 Å². The van der Waals surface area contributed by atoms with Crippen molar-refractivity contribution in [3.05, 3.63) is 11.1 Å². The number of amides is 2. The predicted molar refractivity (Wildman–Crippen MR) is 114 cm³/mol. The van der Waals surface area contributed by atoms with Crippen LogP contribution < -0.4 is 0 Å². The minimum atomic E-state index is -0.838. The summed E-state index contributed by atoms with van der Waals surface area (Å²) >= 11 is 0. The Bertz CT molecular complexity index is 804. The van der Waals surface area contributed by atoms with E-state index in [4.69, 9.17) is 9.47 Å². The Hall–Kier alpha value is -3.03. The molecule has 0 aromatic carbocycles. The van der Waals surface area contributed by atoms with Gasteiger partial charge in [0, 0.05) is 13.1 Å². The van der Waals surface area contributed by atoms with E-state index in [1.54, 1.807) is 41.5 Å². The zero-order chi connectivity index (χ0) is 24.3. The van der Waals surface area contributed by atoms with Crippen molar-refractivity contribution in [2.45, 2.75) is 90.5 Å². The van der Waals surface area contributed by atoms with Gasteiger partial charge in [0.25, 0.3) is 0 Å². The third-order valence-corrected chi connectivity index (χ3v) is 5.07. The van der Waals surface area contributed by atoms with E-state index in [1.165, 1.54) is 9.80 Å². The summed E-state index contributed by atoms with van der Waals surface area (Å²) in [5, 5.41) is 0. The van der Waals surface area contributed by atoms with Crippen LogP contribution in [-0.4, -0.2) is 85.1 Å². The molecule has 2 heterocycles. The number of nitrogens with zero attached hydrogens (tertiary/aromatic N) is 6. The van der Waals surface area contributed by atoms with Crippen LogP contribution in [0.2, 0.25) is 0 Å². The predicted octanol–water partition coefficient (Wildman–Crippen LogP) is 2.70. The molecular formula is C21H32N6O5. The van der Waals surface area contributed by atoms with E-state index in [1.807, 2.05) is 0 Å². The topological polar surface area (TPSA) is 149 Å². The van der Waals surface area contributed by atoms with Crippen LogP contribution in [-0.2, 0) is 14.3 Å². The Morgan fingerprint density at radius 3 is 1.38 bits per heavy atom. The van der Waals surface area contributed by atoms with E-state index >= 15 is 0 Å². The van der Waals surface area contributed by atoms with E-state index in [9.17, 15) is 25.4 Å². The maximum absolute atomic E-state index is 13.2. The number of ether oxygens (including phenoxy) is 2. The van der Waals surface area contributed by atoms with Crippen LogP contribution in [0.15, 0.2) is 0 Å². The molecule has 0 bridgehead atoms. The summed E-state index contributed by atoms with van der Waals surface area (Å²) in [5.74, 6) is -0.837. The lowest BCUT2D eigenvalue weighted by Crippen LogP contribution is -2.51. The first-order chi connectivity index (χ1) is 14.8. The molecule has 0 aromatic rings. The highest BCUT2D eigenvalue weighted by molar-refractivity contribution is 6.66. The minimum Gasteiger partial charge on any atom is -0.444 e. The zero-order valence-electron chi connectivity index (χ0n) is 19.6. The molecule has 0 saturated carbocycles. The van der Waals surface area contributed by atoms with Crippen molar-refractivity contribution >= 4 is 29.4 Å². The highest BCUT2D eigenvalue weighted by Gasteiger charge is 2.51. The van der Waals surface area contributed by atoms with Gasteiger partial charge in [-0.2, -0.15) is 9.58 Å². The van der Waals surface area contributed by atoms with E-state index < -0.39 is 41.3 Å². The Morgan fingerprint density at radius 1 is 0.750 bits per heavy atom. The number of hydrogen-bond acceptors (Lipinski definition) is 5. The van der Waals surface area contributed by atoms with Crippen LogP contribution in [0.5, 0.6) is 0 Å². The van der Waals surface area contributed by atoms with Crippen molar-refractivity contribution in [1.82, 2.24) is 9.80 Å². The largest absolute Gasteiger partial charge is 0.444 e. The van der Waals surface area contributed by atoms with Gasteiger partial charge in [0.05, 0.1) is 0 Å². The molecule has 11 nitrogen and oxygen atoms in total. The average molecular weight is 449 g/mol. The molecule has 0 unspecified atom stereocenters. The monoisotopic (exact) mass is 448 g/mol. The SMILES string of the molecule is CC(C)(C)OC(=O)N1CCC[C@@H]1C(=[N+]=[N-])C(=O)C(=[N+]=[N-])[C@H]1CCCN1C(=O)OC(C)(C)C. The first-order valence-electron chi connectivity index (χ1n) is 10.8. The molecule has 11 heteroatoms. The summed E-state index contributed by atoms with van der Waals surface area (Å²) in [6.07, 6.45) is 0.651. The van der Waals surface area contributed by atoms with Crippen molar-refractivity contribution < 1.29 is 33.4 Å². The molecule has 2 atom stereocenters. The number of ketones is 1. The Labute approximate surface area is 187 Å². The molecule has 0 aromatic heterocycles. The van der Waals surface area contributed by atoms with Crippen molar-refractivity contribution in [3.8, 4) is 0 Å². The van der Waals surface area contributed by atoms with E-state index in [0.717, 1.165) is 0 Å². The van der Waals surface area contributed by atoms with Gasteiger partial charge in [0.1, 0.15) is 23.3 Å². The summed E-state index contributed by atoms with van der Waals surface area (Å²) in [4.78, 5) is 47.4. The van der Waals surface area contributed by atoms with Gasteiger partial charge < -0.3 is 20.5 Å². The van der Waals surface area contributed by atoms with Crippen LogP contribution in [0.3, 0.4) is 0 Å². The molecule has 2 amide bonds. The van der Waals surface area contributed by atoms with E-state index in [2.05, 4.69) is 9.58 Å². The van der Waals surface area contributed by atoms with Crippen LogP contribution in [0.1, 0.15) is 67.2 Å². The van der Waals surface area contributed by atoms with E-state index in [-0.39, 0.29) is 11.4 Å². The van der Waals surface area contributed by atoms with Crippen molar-refractivity contribution in [2.24, 2.45) is 0 Å². The maximum atomic E-state index is 13.2. The molecule has 2 rings (SSSR count). The second-order valence-electron chi connectivity index (χ2n) is 9.96. The average Bonchev–Trinajstić information content (AvgIpc) is 3.30. The second kappa shape index (κ2) is 9.63. The maximum Gasteiger partial charge on any atom is 0.411 e. The zero-order valence-corrected chi connectivity index (χ0v) is 19.6. The van der Waals surface area contributed by atoms with E-state index in [0.29, 0.717) is 38.8 Å². The molecular weight excluding hydrogens is 416 g/mol. The molecule has 2 fully saturated rings. The molecule has 0 N–H and O–H groups in total. The molecule has 2 aliphatic rings. The Kier molecular flexibility index (Phi) is 7.59. The molecule has 32 heavy (non-hydrogen) atoms. The number of likely N-dealkylation sites (tertiary alicyclic amines) is 2. The van der Waals surface area contributed by atoms with Gasteiger partial charge in [-0.1, -0.05) is 0 Å². The van der Waals surface area contributed by atoms with Gasteiger partial charge >= 0.3 is 29.4 Å². The first-order valence-corrected chi connectivity index (χ1v) is 10.8. The summed E-state index contributed by atoms with van der Waals surface area (Å²) in [5.41, 5.74) is 17.2. The quantitative estimate of drug-likeness (QED) is 0.368. The highest BCUT2D eigenvalue weighted by atomic mass is 16.6. The number of hydrogen-bond donors (Lipinski definition) is 0. The fourth-order valence-corrected chi connectivity index (χ4v) is 3.84. The molecule has 0 radical (unpaired) electrons. The lowest BCUT2D eigenvalue weighted by molar-refractivity contribution is -0.117. The van der Waals surface area contributed by atoms with Crippen LogP contribution in [0.4, 0.5) is 9.59 Å². The Balaban J connectivity index is 2.26. The third-order valence-electron chi connectivity index (χ3n) is 5.07. The summed E-state index contributed by atoms with van der Waals surface area (Å²) in [6.45, 7) is 11.0. The lowest BCUT2D eigenvalue weighted by Gasteiger charge is -2.27. The normalized spacial score (nSPS) is 20.9. The standard InChI is InChI=1S/C21H32N6O5/c1-20(2,3)31-18(29)26-11-7-9-13(26)15(24-22)17(28)16(25-23)14-10-8-12-27(14)19(30)32-21(4,5)6/h13-14H,7-12H2,1-6H3/t13-,14-/m1/s1. The van der Waals surface area contributed by atoms with Gasteiger partial charge in [-0.05, 0) is 67.2 Å². The van der Waals surface area contributed by atoms with Crippen LogP contribution >= 0.6 is 0 Å². The summed E-state index contributed by atoms with van der Waals surface area (Å²) < 4.78 is 10.8. The molecule has 0 spiro atoms. The van der Waals surface area contributed by atoms with Crippen molar-refractivity contribution in [3.63, 3.8) is 0 Å². The highest BCUT2D eigenvalue weighted by Crippen LogP contribution is 2.25. The number of Topliss-reactive ketones (excluding diaryl/α,β-unsaturated/α-hetero) is 1. The van der Waals surface area contributed by atoms with Crippen LogP contribution in [0.25, 0.3) is 11.1 Å². The Morgan fingerprint density at radius 2 is 1.09 bits per heavy atom. The molecule has 2 aliphatic heterocycles. The summed E-state index contributed by atoms with van der Waals surface area (Å²) in [7, 11) is 0. The second-order valence-corrected chi connectivity index (χ2v) is 9.96. The van der Waals surface area contributed by atoms with Gasteiger partial charge in [-0.25, -0.2) is 9.59 Å². The van der Waals surface area contributed by atoms with Gasteiger partial charge in [-0.15, -0.1) is 0 Å². The summed E-state index contributed by atoms with van der Waals surface area (Å²) in [6, 6.07) is -1.68. The van der Waals surface area contributed by atoms with Crippen molar-refractivity contribution in [2.75, 3.05) is 13.1 Å². The fourth-order valence-electron chi connectivity index (χ4n) is 3.84. The van der Waals surface area contributed by atoms with Crippen LogP contribution in [0, 0.1) is 0 Å². The van der Waals surface area contributed by atoms with Gasteiger partial charge in [0.2, 0.25) is 0 Å².